The van der Waals surface area contributed by atoms with Crippen molar-refractivity contribution in [2.75, 3.05) is 20.1 Å². The van der Waals surface area contributed by atoms with Crippen molar-refractivity contribution >= 4 is 12.4 Å². The van der Waals surface area contributed by atoms with Gasteiger partial charge in [0.15, 0.2) is 0 Å². The minimum Gasteiger partial charge on any atom is -0.508 e. The van der Waals surface area contributed by atoms with Gasteiger partial charge in [-0.2, -0.15) is 0 Å². The third kappa shape index (κ3) is 5.91. The largest absolute Gasteiger partial charge is 0.508 e. The summed E-state index contributed by atoms with van der Waals surface area (Å²) in [6, 6.07) is 7.37. The van der Waals surface area contributed by atoms with Crippen molar-refractivity contribution in [3.05, 3.63) is 29.8 Å². The number of phenolic OH excluding ortho intramolecular Hbond substituents is 1. The lowest BCUT2D eigenvalue weighted by Crippen LogP contribution is -2.36. The first kappa shape index (κ1) is 16.2. The van der Waals surface area contributed by atoms with Crippen LogP contribution in [0.4, 0.5) is 0 Å². The Bertz CT molecular complexity index is 342. The smallest absolute Gasteiger partial charge is 0.115 e. The van der Waals surface area contributed by atoms with Crippen molar-refractivity contribution in [2.24, 2.45) is 11.1 Å². The third-order valence-corrected chi connectivity index (χ3v) is 2.61. The molecule has 1 aromatic carbocycles. The molecule has 1 rings (SSSR count). The van der Waals surface area contributed by atoms with Crippen LogP contribution >= 0.6 is 12.4 Å². The van der Waals surface area contributed by atoms with E-state index in [-0.39, 0.29) is 17.8 Å². The zero-order chi connectivity index (χ0) is 12.2. The van der Waals surface area contributed by atoms with Crippen molar-refractivity contribution in [3.8, 4) is 5.75 Å². The minimum absolute atomic E-state index is 0. The van der Waals surface area contributed by atoms with E-state index in [4.69, 9.17) is 5.73 Å². The van der Waals surface area contributed by atoms with Gasteiger partial charge < -0.3 is 15.7 Å². The number of aromatic hydroxyl groups is 1. The summed E-state index contributed by atoms with van der Waals surface area (Å²) < 4.78 is 0. The van der Waals surface area contributed by atoms with Gasteiger partial charge in [0.2, 0.25) is 0 Å². The molecule has 0 aliphatic rings. The van der Waals surface area contributed by atoms with E-state index in [2.05, 4.69) is 25.8 Å². The zero-order valence-electron chi connectivity index (χ0n) is 10.8. The van der Waals surface area contributed by atoms with Crippen LogP contribution in [0.3, 0.4) is 0 Å². The van der Waals surface area contributed by atoms with Crippen LogP contribution < -0.4 is 5.73 Å². The van der Waals surface area contributed by atoms with Gasteiger partial charge in [-0.05, 0) is 36.7 Å². The summed E-state index contributed by atoms with van der Waals surface area (Å²) >= 11 is 0. The minimum atomic E-state index is 0. The Labute approximate surface area is 110 Å². The highest BCUT2D eigenvalue weighted by Crippen LogP contribution is 2.17. The molecule has 0 spiro atoms. The number of nitrogens with two attached hydrogens (primary N) is 1. The highest BCUT2D eigenvalue weighted by atomic mass is 35.5. The van der Waals surface area contributed by atoms with Crippen LogP contribution in [0.2, 0.25) is 0 Å². The summed E-state index contributed by atoms with van der Waals surface area (Å²) in [5.74, 6) is 0.323. The van der Waals surface area contributed by atoms with Gasteiger partial charge in [0.05, 0.1) is 0 Å². The van der Waals surface area contributed by atoms with E-state index >= 15 is 0 Å². The van der Waals surface area contributed by atoms with Crippen LogP contribution in [0, 0.1) is 5.41 Å². The molecule has 0 radical (unpaired) electrons. The Kier molecular flexibility index (Phi) is 6.53. The highest BCUT2D eigenvalue weighted by Gasteiger charge is 2.17. The van der Waals surface area contributed by atoms with Crippen LogP contribution in [0.5, 0.6) is 5.75 Å². The molecular weight excluding hydrogens is 236 g/mol. The van der Waals surface area contributed by atoms with Crippen molar-refractivity contribution in [2.45, 2.75) is 20.4 Å². The predicted octanol–water partition coefficient (Wildman–Crippen LogP) is 2.23. The number of nitrogens with zero attached hydrogens (tertiary/aromatic N) is 1. The molecule has 0 unspecified atom stereocenters. The van der Waals surface area contributed by atoms with Gasteiger partial charge >= 0.3 is 0 Å². The quantitative estimate of drug-likeness (QED) is 0.852. The Morgan fingerprint density at radius 2 is 2.00 bits per heavy atom. The zero-order valence-corrected chi connectivity index (χ0v) is 11.6. The summed E-state index contributed by atoms with van der Waals surface area (Å²) in [6.45, 7) is 6.77. The number of benzene rings is 1. The standard InChI is InChI=1S/C13H22N2O.ClH/c1-13(2,9-14)10-15(3)8-11-5-4-6-12(16)7-11;/h4-7,16H,8-10,14H2,1-3H3;1H. The normalized spacial score (nSPS) is 11.4. The molecule has 0 aliphatic heterocycles. The number of phenols is 1. The van der Waals surface area contributed by atoms with E-state index in [1.165, 1.54) is 0 Å². The second kappa shape index (κ2) is 6.84. The second-order valence-corrected chi connectivity index (χ2v) is 5.21. The molecule has 0 atom stereocenters. The van der Waals surface area contributed by atoms with Crippen LogP contribution in [-0.2, 0) is 6.54 Å². The molecule has 0 heterocycles. The first-order valence-electron chi connectivity index (χ1n) is 5.59. The Hall–Kier alpha value is -0.770. The van der Waals surface area contributed by atoms with E-state index in [0.29, 0.717) is 12.3 Å². The fourth-order valence-electron chi connectivity index (χ4n) is 1.82. The topological polar surface area (TPSA) is 49.5 Å². The van der Waals surface area contributed by atoms with E-state index in [0.717, 1.165) is 18.7 Å². The third-order valence-electron chi connectivity index (χ3n) is 2.61. The molecule has 0 fully saturated rings. The fourth-order valence-corrected chi connectivity index (χ4v) is 1.82. The van der Waals surface area contributed by atoms with Gasteiger partial charge in [0, 0.05) is 13.1 Å². The van der Waals surface area contributed by atoms with Gasteiger partial charge in [-0.15, -0.1) is 12.4 Å². The van der Waals surface area contributed by atoms with Crippen molar-refractivity contribution in [1.82, 2.24) is 4.90 Å². The molecule has 1 aromatic rings. The molecule has 3 N–H and O–H groups in total. The second-order valence-electron chi connectivity index (χ2n) is 5.21. The molecular formula is C13H23ClN2O. The Balaban J connectivity index is 0.00000256. The van der Waals surface area contributed by atoms with Crippen LogP contribution in [0.15, 0.2) is 24.3 Å². The average molecular weight is 259 g/mol. The summed E-state index contributed by atoms with van der Waals surface area (Å²) in [5.41, 5.74) is 6.96. The maximum Gasteiger partial charge on any atom is 0.115 e. The molecule has 3 nitrogen and oxygen atoms in total. The van der Waals surface area contributed by atoms with Gasteiger partial charge in [0.1, 0.15) is 5.75 Å². The predicted molar refractivity (Wildman–Crippen MR) is 74.5 cm³/mol. The Morgan fingerprint density at radius 1 is 1.35 bits per heavy atom. The monoisotopic (exact) mass is 258 g/mol. The summed E-state index contributed by atoms with van der Waals surface area (Å²) in [7, 11) is 2.07. The van der Waals surface area contributed by atoms with E-state index in [9.17, 15) is 5.11 Å². The van der Waals surface area contributed by atoms with Gasteiger partial charge in [-0.25, -0.2) is 0 Å². The molecule has 0 aromatic heterocycles. The summed E-state index contributed by atoms with van der Waals surface area (Å²) in [5, 5.41) is 9.37. The first-order valence-corrected chi connectivity index (χ1v) is 5.59. The SMILES string of the molecule is CN(Cc1cccc(O)c1)CC(C)(C)CN.Cl. The van der Waals surface area contributed by atoms with Crippen molar-refractivity contribution in [1.29, 1.82) is 0 Å². The highest BCUT2D eigenvalue weighted by molar-refractivity contribution is 5.85. The number of hydrogen-bond donors (Lipinski definition) is 2. The molecule has 4 heteroatoms. The van der Waals surface area contributed by atoms with E-state index < -0.39 is 0 Å². The van der Waals surface area contributed by atoms with E-state index in [1.807, 2.05) is 12.1 Å². The van der Waals surface area contributed by atoms with Crippen LogP contribution in [0.25, 0.3) is 0 Å². The lowest BCUT2D eigenvalue weighted by Gasteiger charge is -2.29. The lowest BCUT2D eigenvalue weighted by atomic mass is 9.93. The van der Waals surface area contributed by atoms with Crippen LogP contribution in [-0.4, -0.2) is 30.1 Å². The van der Waals surface area contributed by atoms with Crippen molar-refractivity contribution in [3.63, 3.8) is 0 Å². The van der Waals surface area contributed by atoms with Crippen LogP contribution in [0.1, 0.15) is 19.4 Å². The lowest BCUT2D eigenvalue weighted by molar-refractivity contribution is 0.210. The van der Waals surface area contributed by atoms with Gasteiger partial charge in [-0.1, -0.05) is 26.0 Å². The molecule has 0 amide bonds. The molecule has 17 heavy (non-hydrogen) atoms. The van der Waals surface area contributed by atoms with E-state index in [1.54, 1.807) is 12.1 Å². The molecule has 0 bridgehead atoms. The molecule has 98 valence electrons. The molecule has 0 saturated heterocycles. The molecule has 0 saturated carbocycles. The maximum absolute atomic E-state index is 9.37. The Morgan fingerprint density at radius 3 is 2.53 bits per heavy atom. The van der Waals surface area contributed by atoms with Crippen molar-refractivity contribution < 1.29 is 5.11 Å². The number of halogens is 1. The fraction of sp³-hybridized carbons (Fsp3) is 0.538. The first-order chi connectivity index (χ1) is 7.43. The maximum atomic E-state index is 9.37. The number of hydrogen-bond acceptors (Lipinski definition) is 3. The summed E-state index contributed by atoms with van der Waals surface area (Å²) in [4.78, 5) is 2.22. The summed E-state index contributed by atoms with van der Waals surface area (Å²) in [6.07, 6.45) is 0. The average Bonchev–Trinajstić information content (AvgIpc) is 2.16. The molecule has 0 aliphatic carbocycles. The van der Waals surface area contributed by atoms with Gasteiger partial charge in [-0.3, -0.25) is 0 Å². The number of rotatable bonds is 5. The van der Waals surface area contributed by atoms with Gasteiger partial charge in [0.25, 0.3) is 0 Å².